The number of benzene rings is 2. The highest BCUT2D eigenvalue weighted by atomic mass is 16.5. The van der Waals surface area contributed by atoms with Crippen LogP contribution >= 0.6 is 0 Å². The van der Waals surface area contributed by atoms with Crippen LogP contribution in [-0.2, 0) is 9.59 Å². The van der Waals surface area contributed by atoms with Crippen molar-refractivity contribution in [3.63, 3.8) is 0 Å². The number of nitrogens with two attached hydrogens (primary N) is 2. The molecular weight excluding hydrogens is 634 g/mol. The third-order valence-electron chi connectivity index (χ3n) is 9.83. The molecule has 1 spiro atoms. The summed E-state index contributed by atoms with van der Waals surface area (Å²) in [5.74, 6) is 1.97. The number of hydrogen-bond donors (Lipinski definition) is 3. The molecule has 0 saturated carbocycles. The van der Waals surface area contributed by atoms with E-state index in [1.165, 1.54) is 19.0 Å². The van der Waals surface area contributed by atoms with Gasteiger partial charge in [-0.15, -0.1) is 0 Å². The van der Waals surface area contributed by atoms with Crippen LogP contribution in [0, 0.1) is 10.8 Å². The fourth-order valence-corrected chi connectivity index (χ4v) is 6.95. The summed E-state index contributed by atoms with van der Waals surface area (Å²) in [5.41, 5.74) is 16.1. The average molecular weight is 678 g/mol. The number of nitrogens with zero attached hydrogens (tertiary/aromatic N) is 6. The minimum atomic E-state index is -0.570. The molecule has 0 unspecified atom stereocenters. The molecule has 2 amide bonds. The summed E-state index contributed by atoms with van der Waals surface area (Å²) in [7, 11) is 4.73. The van der Waals surface area contributed by atoms with E-state index in [0.717, 1.165) is 17.5 Å². The molecule has 2 fully saturated rings. The molecule has 6 rings (SSSR count). The number of aliphatic imine (C=N–C) groups is 2. The zero-order valence-corrected chi connectivity index (χ0v) is 28.7. The van der Waals surface area contributed by atoms with Gasteiger partial charge < -0.3 is 25.8 Å². The maximum absolute atomic E-state index is 14.0. The van der Waals surface area contributed by atoms with E-state index in [-0.39, 0.29) is 29.8 Å². The van der Waals surface area contributed by atoms with Gasteiger partial charge in [-0.1, -0.05) is 30.3 Å². The Kier molecular flexibility index (Phi) is 9.95. The second kappa shape index (κ2) is 14.5. The lowest BCUT2D eigenvalue weighted by atomic mass is 9.85. The SMILES string of the molecule is CN=CN=C(N)c1ccc(C2=CCN(C(=O)CN3CC[C@]4(CCN(c5ccc(N)c(C(=N)c6ccc(OC)c(OC)c6)n5)C4=O)C3)CC2)cc1. The van der Waals surface area contributed by atoms with E-state index in [2.05, 4.69) is 21.0 Å². The Morgan fingerprint density at radius 3 is 2.46 bits per heavy atom. The Hall–Kier alpha value is -5.56. The van der Waals surface area contributed by atoms with Crippen LogP contribution in [-0.4, -0.2) is 105 Å². The second-order valence-corrected chi connectivity index (χ2v) is 12.8. The molecule has 13 heteroatoms. The quantitative estimate of drug-likeness (QED) is 0.217. The van der Waals surface area contributed by atoms with E-state index in [4.69, 9.17) is 31.3 Å². The van der Waals surface area contributed by atoms with E-state index < -0.39 is 5.41 Å². The number of amides is 2. The fraction of sp³-hybridized carbons (Fsp3) is 0.351. The van der Waals surface area contributed by atoms with Crippen LogP contribution in [0.2, 0.25) is 0 Å². The van der Waals surface area contributed by atoms with Gasteiger partial charge in [0.1, 0.15) is 23.7 Å². The largest absolute Gasteiger partial charge is 0.493 e. The molecule has 13 nitrogen and oxygen atoms in total. The Labute approximate surface area is 291 Å². The fourth-order valence-electron chi connectivity index (χ4n) is 6.95. The summed E-state index contributed by atoms with van der Waals surface area (Å²) in [4.78, 5) is 45.6. The summed E-state index contributed by atoms with van der Waals surface area (Å²) in [6.07, 6.45) is 5.64. The van der Waals surface area contributed by atoms with E-state index >= 15 is 0 Å². The number of hydrogen-bond acceptors (Lipinski definition) is 9. The van der Waals surface area contributed by atoms with Crippen LogP contribution < -0.4 is 25.8 Å². The van der Waals surface area contributed by atoms with Crippen molar-refractivity contribution in [3.05, 3.63) is 83.1 Å². The highest BCUT2D eigenvalue weighted by Crippen LogP contribution is 2.42. The van der Waals surface area contributed by atoms with Crippen molar-refractivity contribution in [1.82, 2.24) is 14.8 Å². The Morgan fingerprint density at radius 1 is 1.02 bits per heavy atom. The predicted molar refractivity (Wildman–Crippen MR) is 195 cm³/mol. The van der Waals surface area contributed by atoms with Gasteiger partial charge in [-0.2, -0.15) is 0 Å². The van der Waals surface area contributed by atoms with Gasteiger partial charge in [-0.25, -0.2) is 9.98 Å². The Morgan fingerprint density at radius 2 is 1.76 bits per heavy atom. The highest BCUT2D eigenvalue weighted by molar-refractivity contribution is 6.13. The third-order valence-corrected chi connectivity index (χ3v) is 9.83. The average Bonchev–Trinajstić information content (AvgIpc) is 3.71. The molecule has 2 saturated heterocycles. The van der Waals surface area contributed by atoms with Crippen LogP contribution in [0.5, 0.6) is 11.5 Å². The van der Waals surface area contributed by atoms with Gasteiger partial charge in [0.25, 0.3) is 0 Å². The van der Waals surface area contributed by atoms with E-state index in [1.807, 2.05) is 29.2 Å². The van der Waals surface area contributed by atoms with Crippen molar-refractivity contribution in [2.45, 2.75) is 19.3 Å². The topological polar surface area (TPSA) is 176 Å². The second-order valence-electron chi connectivity index (χ2n) is 12.8. The number of nitrogen functional groups attached to an aromatic ring is 1. The number of rotatable bonds is 10. The number of nitrogens with one attached hydrogen (secondary N) is 1. The first-order valence-corrected chi connectivity index (χ1v) is 16.6. The van der Waals surface area contributed by atoms with Crippen molar-refractivity contribution >= 4 is 46.8 Å². The molecule has 0 radical (unpaired) electrons. The Bertz CT molecular complexity index is 1890. The first-order valence-electron chi connectivity index (χ1n) is 16.6. The van der Waals surface area contributed by atoms with E-state index in [1.54, 1.807) is 49.4 Å². The smallest absolute Gasteiger partial charge is 0.237 e. The molecule has 5 N–H and O–H groups in total. The normalized spacial score (nSPS) is 19.8. The van der Waals surface area contributed by atoms with E-state index in [0.29, 0.717) is 80.0 Å². The van der Waals surface area contributed by atoms with Crippen molar-refractivity contribution in [2.24, 2.45) is 21.1 Å². The molecule has 3 aliphatic rings. The molecular formula is C37H43N9O4. The van der Waals surface area contributed by atoms with Gasteiger partial charge in [-0.3, -0.25) is 29.8 Å². The molecule has 1 atom stereocenters. The molecule has 50 heavy (non-hydrogen) atoms. The number of ether oxygens (including phenoxy) is 2. The summed E-state index contributed by atoms with van der Waals surface area (Å²) in [6, 6.07) is 16.5. The molecule has 3 aliphatic heterocycles. The number of methoxy groups -OCH3 is 2. The number of pyridine rings is 1. The van der Waals surface area contributed by atoms with Crippen molar-refractivity contribution < 1.29 is 19.1 Å². The molecule has 2 aromatic carbocycles. The van der Waals surface area contributed by atoms with Gasteiger partial charge in [-0.05, 0) is 67.3 Å². The number of likely N-dealkylation sites (tertiary alicyclic amines) is 1. The molecule has 0 bridgehead atoms. The number of aromatic nitrogens is 1. The molecule has 260 valence electrons. The molecule has 0 aliphatic carbocycles. The summed E-state index contributed by atoms with van der Waals surface area (Å²) < 4.78 is 10.7. The van der Waals surface area contributed by atoms with Crippen molar-refractivity contribution in [3.8, 4) is 11.5 Å². The standard InChI is InChI=1S/C37H43N9O4/c1-41-23-42-35(40)26-6-4-24(5-7-26)25-12-16-45(17-13-25)32(47)21-44-18-14-37(22-44)15-19-46(36(37)48)31-11-9-28(38)34(43-31)33(39)27-8-10-29(49-2)30(20-27)50-3/h4-12,20,23,39H,13-19,21-22,38H2,1-3H3,(H2,40,41,42)/t37-/m0/s1. The maximum atomic E-state index is 14.0. The van der Waals surface area contributed by atoms with Crippen LogP contribution in [0.25, 0.3) is 5.57 Å². The van der Waals surface area contributed by atoms with Crippen LogP contribution in [0.15, 0.2) is 70.7 Å². The lowest BCUT2D eigenvalue weighted by molar-refractivity contribution is -0.132. The lowest BCUT2D eigenvalue weighted by Crippen LogP contribution is -2.43. The van der Waals surface area contributed by atoms with Gasteiger partial charge >= 0.3 is 0 Å². The molecule has 1 aromatic heterocycles. The zero-order valence-electron chi connectivity index (χ0n) is 28.7. The van der Waals surface area contributed by atoms with E-state index in [9.17, 15) is 9.59 Å². The first-order chi connectivity index (χ1) is 24.2. The van der Waals surface area contributed by atoms with Crippen LogP contribution in [0.3, 0.4) is 0 Å². The number of anilines is 2. The maximum Gasteiger partial charge on any atom is 0.237 e. The molecule has 3 aromatic rings. The minimum Gasteiger partial charge on any atom is -0.493 e. The van der Waals surface area contributed by atoms with Crippen molar-refractivity contribution in [2.75, 3.05) is 71.2 Å². The number of amidine groups is 1. The monoisotopic (exact) mass is 677 g/mol. The van der Waals surface area contributed by atoms with Crippen LogP contribution in [0.1, 0.15) is 41.6 Å². The van der Waals surface area contributed by atoms with Crippen LogP contribution in [0.4, 0.5) is 11.5 Å². The van der Waals surface area contributed by atoms with Crippen molar-refractivity contribution in [1.29, 1.82) is 5.41 Å². The van der Waals surface area contributed by atoms with Gasteiger partial charge in [0, 0.05) is 44.4 Å². The minimum absolute atomic E-state index is 0.00333. The first kappa shape index (κ1) is 34.3. The third kappa shape index (κ3) is 6.81. The summed E-state index contributed by atoms with van der Waals surface area (Å²) >= 11 is 0. The highest BCUT2D eigenvalue weighted by Gasteiger charge is 2.51. The summed E-state index contributed by atoms with van der Waals surface area (Å²) in [6.45, 7) is 3.16. The number of carbonyl (C=O) groups is 2. The molecule has 4 heterocycles. The number of carbonyl (C=O) groups excluding carboxylic acids is 2. The predicted octanol–water partition coefficient (Wildman–Crippen LogP) is 3.21. The lowest BCUT2D eigenvalue weighted by Gasteiger charge is -2.29. The van der Waals surface area contributed by atoms with Gasteiger partial charge in [0.2, 0.25) is 11.8 Å². The van der Waals surface area contributed by atoms with Gasteiger partial charge in [0.15, 0.2) is 11.5 Å². The summed E-state index contributed by atoms with van der Waals surface area (Å²) in [5, 5.41) is 8.86. The van der Waals surface area contributed by atoms with Gasteiger partial charge in [0.05, 0.1) is 37.6 Å². The zero-order chi connectivity index (χ0) is 35.4. The Balaban J connectivity index is 1.06.